The molecule has 0 spiro atoms. The van der Waals surface area contributed by atoms with Crippen LogP contribution in [0.1, 0.15) is 18.2 Å². The van der Waals surface area contributed by atoms with Crippen molar-refractivity contribution < 1.29 is 23.8 Å². The Hall–Kier alpha value is -2.99. The molecule has 146 valence electrons. The van der Waals surface area contributed by atoms with E-state index in [1.165, 1.54) is 0 Å². The van der Waals surface area contributed by atoms with Crippen molar-refractivity contribution in [3.63, 3.8) is 0 Å². The molecular weight excluding hydrogens is 358 g/mol. The van der Waals surface area contributed by atoms with Gasteiger partial charge in [-0.1, -0.05) is 18.2 Å². The van der Waals surface area contributed by atoms with Crippen molar-refractivity contribution in [1.29, 1.82) is 0 Å². The van der Waals surface area contributed by atoms with Gasteiger partial charge in [-0.05, 0) is 42.8 Å². The number of hydrogen-bond acceptors (Lipinski definition) is 5. The van der Waals surface area contributed by atoms with Crippen LogP contribution >= 0.6 is 0 Å². The lowest BCUT2D eigenvalue weighted by Crippen LogP contribution is -2.31. The first kappa shape index (κ1) is 18.4. The molecule has 6 nitrogen and oxygen atoms in total. The fourth-order valence-corrected chi connectivity index (χ4v) is 3.56. The van der Waals surface area contributed by atoms with Crippen LogP contribution in [0.15, 0.2) is 52.9 Å². The topological polar surface area (TPSA) is 72.1 Å². The summed E-state index contributed by atoms with van der Waals surface area (Å²) in [4.78, 5) is 13.6. The van der Waals surface area contributed by atoms with Gasteiger partial charge in [0.05, 0.1) is 18.8 Å². The van der Waals surface area contributed by atoms with E-state index >= 15 is 0 Å². The molecule has 1 atom stereocenters. The second kappa shape index (κ2) is 7.94. The Morgan fingerprint density at radius 3 is 2.93 bits per heavy atom. The van der Waals surface area contributed by atoms with Crippen molar-refractivity contribution in [3.05, 3.63) is 59.9 Å². The van der Waals surface area contributed by atoms with Crippen LogP contribution in [0.5, 0.6) is 5.75 Å². The number of carbonyl (C=O) groups is 1. The average Bonchev–Trinajstić information content (AvgIpc) is 3.09. The first-order valence-corrected chi connectivity index (χ1v) is 9.46. The van der Waals surface area contributed by atoms with Crippen LogP contribution < -0.4 is 9.64 Å². The molecule has 0 saturated heterocycles. The lowest BCUT2D eigenvalue weighted by atomic mass is 10.1. The highest BCUT2D eigenvalue weighted by Crippen LogP contribution is 2.33. The Balaban J connectivity index is 1.53. The molecule has 2 aromatic carbocycles. The first-order chi connectivity index (χ1) is 13.6. The van der Waals surface area contributed by atoms with E-state index in [0.717, 1.165) is 40.3 Å². The summed E-state index contributed by atoms with van der Waals surface area (Å²) in [6, 6.07) is 15.8. The Morgan fingerprint density at radius 2 is 2.11 bits per heavy atom. The summed E-state index contributed by atoms with van der Waals surface area (Å²) in [6.07, 6.45) is -0.505. The Kier molecular flexibility index (Phi) is 5.21. The highest BCUT2D eigenvalue weighted by Gasteiger charge is 2.20. The minimum Gasteiger partial charge on any atom is -0.490 e. The minimum atomic E-state index is -0.944. The van der Waals surface area contributed by atoms with Crippen LogP contribution in [-0.2, 0) is 22.5 Å². The van der Waals surface area contributed by atoms with Crippen molar-refractivity contribution in [3.8, 4) is 5.75 Å². The number of carboxylic acids is 1. The number of rotatable bonds is 7. The minimum absolute atomic E-state index is 0.330. The van der Waals surface area contributed by atoms with Gasteiger partial charge in [0.15, 0.2) is 6.10 Å². The van der Waals surface area contributed by atoms with Gasteiger partial charge in [0, 0.05) is 18.4 Å². The molecular formula is C22H23NO5. The number of carboxylic acid groups (broad SMARTS) is 1. The zero-order valence-electron chi connectivity index (χ0n) is 15.8. The van der Waals surface area contributed by atoms with E-state index in [9.17, 15) is 9.90 Å². The van der Waals surface area contributed by atoms with E-state index in [0.29, 0.717) is 26.2 Å². The molecule has 1 unspecified atom stereocenters. The second-order valence-electron chi connectivity index (χ2n) is 6.81. The molecule has 3 aromatic rings. The monoisotopic (exact) mass is 381 g/mol. The number of fused-ring (bicyclic) bond motifs is 2. The third-order valence-corrected chi connectivity index (χ3v) is 4.87. The molecule has 0 amide bonds. The SMILES string of the molecule is CCOC(Cc1ccc2oc(CN3CCOc4ccccc43)cc2c1)C(=O)O. The summed E-state index contributed by atoms with van der Waals surface area (Å²) in [5.74, 6) is 0.812. The maximum atomic E-state index is 11.3. The predicted molar refractivity (Wildman–Crippen MR) is 106 cm³/mol. The van der Waals surface area contributed by atoms with E-state index in [4.69, 9.17) is 13.9 Å². The van der Waals surface area contributed by atoms with Crippen molar-refractivity contribution >= 4 is 22.6 Å². The average molecular weight is 381 g/mol. The summed E-state index contributed by atoms with van der Waals surface area (Å²) in [5.41, 5.74) is 2.77. The Morgan fingerprint density at radius 1 is 1.25 bits per heavy atom. The lowest BCUT2D eigenvalue weighted by molar-refractivity contribution is -0.149. The molecule has 1 aliphatic rings. The van der Waals surface area contributed by atoms with Gasteiger partial charge < -0.3 is 23.9 Å². The Labute approximate surface area is 163 Å². The lowest BCUT2D eigenvalue weighted by Gasteiger charge is -2.30. The van der Waals surface area contributed by atoms with Crippen molar-refractivity contribution in [1.82, 2.24) is 0 Å². The standard InChI is InChI=1S/C22H23NO5/c1-2-26-21(22(24)25)12-15-7-8-19-16(11-15)13-17(28-19)14-23-9-10-27-20-6-4-3-5-18(20)23/h3-8,11,13,21H,2,9-10,12,14H2,1H3,(H,24,25). The third kappa shape index (κ3) is 3.82. The number of aliphatic carboxylic acids is 1. The molecule has 0 aliphatic carbocycles. The van der Waals surface area contributed by atoms with Crippen molar-refractivity contribution in [2.75, 3.05) is 24.7 Å². The largest absolute Gasteiger partial charge is 0.490 e. The van der Waals surface area contributed by atoms with Crippen LogP contribution in [-0.4, -0.2) is 36.9 Å². The van der Waals surface area contributed by atoms with E-state index in [1.54, 1.807) is 6.92 Å². The maximum Gasteiger partial charge on any atom is 0.333 e. The first-order valence-electron chi connectivity index (χ1n) is 9.46. The van der Waals surface area contributed by atoms with Gasteiger partial charge in [-0.25, -0.2) is 4.79 Å². The van der Waals surface area contributed by atoms with E-state index < -0.39 is 12.1 Å². The number of benzene rings is 2. The molecule has 0 bridgehead atoms. The zero-order chi connectivity index (χ0) is 19.5. The molecule has 1 N–H and O–H groups in total. The fourth-order valence-electron chi connectivity index (χ4n) is 3.56. The van der Waals surface area contributed by atoms with Gasteiger partial charge in [-0.15, -0.1) is 0 Å². The number of para-hydroxylation sites is 2. The third-order valence-electron chi connectivity index (χ3n) is 4.87. The summed E-state index contributed by atoms with van der Waals surface area (Å²) < 4.78 is 17.0. The molecule has 6 heteroatoms. The molecule has 2 heterocycles. The summed E-state index contributed by atoms with van der Waals surface area (Å²) >= 11 is 0. The van der Waals surface area contributed by atoms with E-state index in [-0.39, 0.29) is 0 Å². The summed E-state index contributed by atoms with van der Waals surface area (Å²) in [6.45, 7) is 4.27. The molecule has 28 heavy (non-hydrogen) atoms. The van der Waals surface area contributed by atoms with Gasteiger partial charge in [-0.3, -0.25) is 0 Å². The molecule has 1 aromatic heterocycles. The number of furan rings is 1. The predicted octanol–water partition coefficient (Wildman–Crippen LogP) is 3.86. The summed E-state index contributed by atoms with van der Waals surface area (Å²) in [7, 11) is 0. The number of nitrogens with zero attached hydrogens (tertiary/aromatic N) is 1. The highest BCUT2D eigenvalue weighted by atomic mass is 16.5. The van der Waals surface area contributed by atoms with Gasteiger partial charge in [0.1, 0.15) is 23.7 Å². The molecule has 1 aliphatic heterocycles. The van der Waals surface area contributed by atoms with Crippen molar-refractivity contribution in [2.45, 2.75) is 26.0 Å². The highest BCUT2D eigenvalue weighted by molar-refractivity contribution is 5.79. The van der Waals surface area contributed by atoms with Crippen LogP contribution in [0.2, 0.25) is 0 Å². The fraction of sp³-hybridized carbons (Fsp3) is 0.318. The Bertz CT molecular complexity index is 980. The van der Waals surface area contributed by atoms with Gasteiger partial charge in [0.25, 0.3) is 0 Å². The quantitative estimate of drug-likeness (QED) is 0.670. The van der Waals surface area contributed by atoms with Gasteiger partial charge in [-0.2, -0.15) is 0 Å². The molecule has 0 radical (unpaired) electrons. The normalized spacial score (nSPS) is 14.5. The number of ether oxygens (including phenoxy) is 2. The second-order valence-corrected chi connectivity index (χ2v) is 6.81. The van der Waals surface area contributed by atoms with Crippen LogP contribution in [0.25, 0.3) is 11.0 Å². The van der Waals surface area contributed by atoms with E-state index in [1.807, 2.05) is 42.5 Å². The smallest absolute Gasteiger partial charge is 0.333 e. The van der Waals surface area contributed by atoms with Gasteiger partial charge >= 0.3 is 5.97 Å². The number of anilines is 1. The number of hydrogen-bond donors (Lipinski definition) is 1. The maximum absolute atomic E-state index is 11.3. The molecule has 4 rings (SSSR count). The van der Waals surface area contributed by atoms with Crippen LogP contribution in [0.3, 0.4) is 0 Å². The molecule has 0 saturated carbocycles. The van der Waals surface area contributed by atoms with Gasteiger partial charge in [0.2, 0.25) is 0 Å². The van der Waals surface area contributed by atoms with Crippen molar-refractivity contribution in [2.24, 2.45) is 0 Å². The van der Waals surface area contributed by atoms with Crippen LogP contribution in [0.4, 0.5) is 5.69 Å². The van der Waals surface area contributed by atoms with E-state index in [2.05, 4.69) is 11.0 Å². The molecule has 0 fully saturated rings. The zero-order valence-corrected chi connectivity index (χ0v) is 15.8. The summed E-state index contributed by atoms with van der Waals surface area (Å²) in [5, 5.41) is 10.3. The van der Waals surface area contributed by atoms with Crippen LogP contribution in [0, 0.1) is 0 Å².